The second-order valence-electron chi connectivity index (χ2n) is 3.10. The molecule has 0 radical (unpaired) electrons. The fraction of sp³-hybridized carbons (Fsp3) is 0.400. The highest BCUT2D eigenvalue weighted by Crippen LogP contribution is 2.16. The van der Waals surface area contributed by atoms with Gasteiger partial charge in [0.15, 0.2) is 0 Å². The van der Waals surface area contributed by atoms with Crippen molar-refractivity contribution in [2.45, 2.75) is 25.6 Å². The molecule has 0 spiro atoms. The summed E-state index contributed by atoms with van der Waals surface area (Å²) >= 11 is 0. The Morgan fingerprint density at radius 3 is 2.45 bits per heavy atom. The van der Waals surface area contributed by atoms with E-state index in [1.54, 1.807) is 0 Å². The molecule has 0 N–H and O–H groups in total. The Kier molecular flexibility index (Phi) is 3.22. The Morgan fingerprint density at radius 2 is 1.91 bits per heavy atom. The topological polar surface area (TPSA) is 0 Å². The maximum atomic E-state index is 2.29. The predicted molar refractivity (Wildman–Crippen MR) is 52.6 cm³/mol. The second-order valence-corrected chi connectivity index (χ2v) is 3.10. The third-order valence-electron chi connectivity index (χ3n) is 2.09. The van der Waals surface area contributed by atoms with Crippen LogP contribution in [-0.4, -0.2) is 7.85 Å². The molecule has 0 bridgehead atoms. The first-order chi connectivity index (χ1) is 5.34. The van der Waals surface area contributed by atoms with Gasteiger partial charge in [0.25, 0.3) is 0 Å². The molecule has 0 aliphatic rings. The van der Waals surface area contributed by atoms with Gasteiger partial charge in [0.05, 0.1) is 0 Å². The normalized spacial score (nSPS) is 12.8. The van der Waals surface area contributed by atoms with Crippen LogP contribution in [0.5, 0.6) is 0 Å². The SMILES string of the molecule is BC(CCC)c1ccccc1. The van der Waals surface area contributed by atoms with Gasteiger partial charge in [-0.3, -0.25) is 0 Å². The lowest BCUT2D eigenvalue weighted by Gasteiger charge is -2.08. The van der Waals surface area contributed by atoms with Gasteiger partial charge in [-0.25, -0.2) is 0 Å². The summed E-state index contributed by atoms with van der Waals surface area (Å²) in [6.45, 7) is 2.24. The van der Waals surface area contributed by atoms with Crippen molar-refractivity contribution in [3.05, 3.63) is 35.9 Å². The van der Waals surface area contributed by atoms with E-state index in [0.717, 1.165) is 5.82 Å². The molecule has 11 heavy (non-hydrogen) atoms. The molecule has 1 aromatic rings. The summed E-state index contributed by atoms with van der Waals surface area (Å²) in [6.07, 6.45) is 2.57. The van der Waals surface area contributed by atoms with Crippen molar-refractivity contribution >= 4 is 7.85 Å². The molecule has 0 saturated carbocycles. The van der Waals surface area contributed by atoms with Gasteiger partial charge in [-0.05, 0) is 5.82 Å². The molecule has 0 saturated heterocycles. The molecular formula is C10H15B. The van der Waals surface area contributed by atoms with Crippen LogP contribution in [0, 0.1) is 0 Å². The van der Waals surface area contributed by atoms with Crippen LogP contribution >= 0.6 is 0 Å². The quantitative estimate of drug-likeness (QED) is 0.573. The predicted octanol–water partition coefficient (Wildman–Crippen LogP) is 2.16. The summed E-state index contributed by atoms with van der Waals surface area (Å²) in [5.41, 5.74) is 1.47. The molecule has 0 aliphatic heterocycles. The molecule has 0 fully saturated rings. The van der Waals surface area contributed by atoms with E-state index >= 15 is 0 Å². The minimum atomic E-state index is 0.723. The number of hydrogen-bond donors (Lipinski definition) is 0. The van der Waals surface area contributed by atoms with E-state index in [2.05, 4.69) is 45.1 Å². The average molecular weight is 146 g/mol. The highest BCUT2D eigenvalue weighted by Gasteiger charge is 2.01. The molecule has 1 atom stereocenters. The maximum Gasteiger partial charge on any atom is 0.111 e. The largest absolute Gasteiger partial charge is 0.111 e. The lowest BCUT2D eigenvalue weighted by molar-refractivity contribution is 0.769. The molecular weight excluding hydrogens is 131 g/mol. The van der Waals surface area contributed by atoms with Gasteiger partial charge in [-0.2, -0.15) is 0 Å². The van der Waals surface area contributed by atoms with E-state index in [4.69, 9.17) is 0 Å². The maximum absolute atomic E-state index is 2.29. The minimum absolute atomic E-state index is 0.723. The summed E-state index contributed by atoms with van der Waals surface area (Å²) in [5, 5.41) is 0. The average Bonchev–Trinajstić information content (AvgIpc) is 2.07. The molecule has 0 nitrogen and oxygen atoms in total. The lowest BCUT2D eigenvalue weighted by Crippen LogP contribution is -1.96. The monoisotopic (exact) mass is 146 g/mol. The van der Waals surface area contributed by atoms with E-state index in [1.807, 2.05) is 0 Å². The standard InChI is InChI=1S/C10H15B/c1-2-6-10(11)9-7-4-3-5-8-9/h3-5,7-8,10H,2,6,11H2,1H3. The zero-order valence-electron chi connectivity index (χ0n) is 7.38. The van der Waals surface area contributed by atoms with Crippen molar-refractivity contribution in [3.8, 4) is 0 Å². The summed E-state index contributed by atoms with van der Waals surface area (Å²) in [6, 6.07) is 10.7. The van der Waals surface area contributed by atoms with E-state index in [-0.39, 0.29) is 0 Å². The van der Waals surface area contributed by atoms with Crippen LogP contribution in [0.3, 0.4) is 0 Å². The molecule has 1 heteroatoms. The van der Waals surface area contributed by atoms with Crippen molar-refractivity contribution in [3.63, 3.8) is 0 Å². The fourth-order valence-electron chi connectivity index (χ4n) is 1.38. The summed E-state index contributed by atoms with van der Waals surface area (Å²) in [4.78, 5) is 0. The smallest absolute Gasteiger partial charge is 0.0654 e. The Balaban J connectivity index is 2.61. The summed E-state index contributed by atoms with van der Waals surface area (Å²) in [5.74, 6) is 0.723. The molecule has 0 aromatic heterocycles. The molecule has 0 heterocycles. The molecule has 0 aliphatic carbocycles. The van der Waals surface area contributed by atoms with Crippen molar-refractivity contribution in [2.24, 2.45) is 0 Å². The van der Waals surface area contributed by atoms with Gasteiger partial charge < -0.3 is 0 Å². The molecule has 1 rings (SSSR count). The Labute approximate surface area is 70.0 Å². The first kappa shape index (κ1) is 8.38. The van der Waals surface area contributed by atoms with Crippen LogP contribution < -0.4 is 0 Å². The van der Waals surface area contributed by atoms with Crippen molar-refractivity contribution in [1.29, 1.82) is 0 Å². The second kappa shape index (κ2) is 4.22. The first-order valence-corrected chi connectivity index (χ1v) is 4.39. The van der Waals surface area contributed by atoms with Gasteiger partial charge in [-0.15, -0.1) is 0 Å². The number of rotatable bonds is 3. The Morgan fingerprint density at radius 1 is 1.27 bits per heavy atom. The zero-order valence-corrected chi connectivity index (χ0v) is 7.38. The third-order valence-corrected chi connectivity index (χ3v) is 2.09. The molecule has 0 amide bonds. The van der Waals surface area contributed by atoms with Gasteiger partial charge in [0.2, 0.25) is 0 Å². The lowest BCUT2D eigenvalue weighted by atomic mass is 9.78. The number of benzene rings is 1. The zero-order chi connectivity index (χ0) is 8.10. The van der Waals surface area contributed by atoms with Gasteiger partial charge in [-0.1, -0.05) is 55.7 Å². The van der Waals surface area contributed by atoms with Crippen LogP contribution in [0.1, 0.15) is 31.1 Å². The van der Waals surface area contributed by atoms with Crippen LogP contribution in [0.4, 0.5) is 0 Å². The van der Waals surface area contributed by atoms with Crippen LogP contribution in [0.15, 0.2) is 30.3 Å². The summed E-state index contributed by atoms with van der Waals surface area (Å²) in [7, 11) is 2.29. The third kappa shape index (κ3) is 2.41. The summed E-state index contributed by atoms with van der Waals surface area (Å²) < 4.78 is 0. The van der Waals surface area contributed by atoms with Crippen LogP contribution in [-0.2, 0) is 0 Å². The van der Waals surface area contributed by atoms with E-state index < -0.39 is 0 Å². The fourth-order valence-corrected chi connectivity index (χ4v) is 1.38. The van der Waals surface area contributed by atoms with E-state index in [9.17, 15) is 0 Å². The molecule has 1 aromatic carbocycles. The van der Waals surface area contributed by atoms with Crippen LogP contribution in [0.2, 0.25) is 0 Å². The van der Waals surface area contributed by atoms with Gasteiger partial charge >= 0.3 is 0 Å². The molecule has 1 unspecified atom stereocenters. The Hall–Kier alpha value is -0.715. The van der Waals surface area contributed by atoms with E-state index in [1.165, 1.54) is 18.4 Å². The van der Waals surface area contributed by atoms with E-state index in [0.29, 0.717) is 0 Å². The molecule has 58 valence electrons. The highest BCUT2D eigenvalue weighted by atomic mass is 14.0. The number of hydrogen-bond acceptors (Lipinski definition) is 0. The van der Waals surface area contributed by atoms with Crippen molar-refractivity contribution in [1.82, 2.24) is 0 Å². The van der Waals surface area contributed by atoms with Gasteiger partial charge in [0, 0.05) is 0 Å². The first-order valence-electron chi connectivity index (χ1n) is 4.39. The van der Waals surface area contributed by atoms with Crippen LogP contribution in [0.25, 0.3) is 0 Å². The van der Waals surface area contributed by atoms with Crippen molar-refractivity contribution < 1.29 is 0 Å². The Bertz CT molecular complexity index is 193. The van der Waals surface area contributed by atoms with Gasteiger partial charge in [0.1, 0.15) is 7.85 Å². The van der Waals surface area contributed by atoms with Crippen molar-refractivity contribution in [2.75, 3.05) is 0 Å². The minimum Gasteiger partial charge on any atom is -0.0654 e. The highest BCUT2D eigenvalue weighted by molar-refractivity contribution is 6.12.